The molecule has 0 spiro atoms. The van der Waals surface area contributed by atoms with Crippen LogP contribution in [0.1, 0.15) is 25.0 Å². The number of furan rings is 1. The maximum Gasteiger partial charge on any atom is 0.143 e. The highest BCUT2D eigenvalue weighted by Crippen LogP contribution is 2.54. The molecule has 1 aliphatic carbocycles. The molecular formula is C57H39NO. The first-order chi connectivity index (χ1) is 29.0. The molecule has 0 N–H and O–H groups in total. The molecule has 59 heavy (non-hydrogen) atoms. The second-order valence-corrected chi connectivity index (χ2v) is 16.5. The first-order valence-electron chi connectivity index (χ1n) is 20.5. The lowest BCUT2D eigenvalue weighted by Crippen LogP contribution is -2.20. The fourth-order valence-electron chi connectivity index (χ4n) is 10.0. The molecule has 0 bridgehead atoms. The van der Waals surface area contributed by atoms with Gasteiger partial charge in [0.25, 0.3) is 0 Å². The molecule has 0 aliphatic heterocycles. The molecule has 0 atom stereocenters. The molecule has 0 radical (unpaired) electrons. The van der Waals surface area contributed by atoms with Crippen molar-refractivity contribution >= 4 is 71.3 Å². The van der Waals surface area contributed by atoms with Gasteiger partial charge in [0.05, 0.1) is 5.69 Å². The average molecular weight is 754 g/mol. The molecule has 0 fully saturated rings. The van der Waals surface area contributed by atoms with Gasteiger partial charge in [-0.1, -0.05) is 166 Å². The molecule has 12 rings (SSSR count). The van der Waals surface area contributed by atoms with E-state index in [4.69, 9.17) is 4.42 Å². The molecule has 2 heteroatoms. The van der Waals surface area contributed by atoms with E-state index in [1.165, 1.54) is 71.6 Å². The van der Waals surface area contributed by atoms with Gasteiger partial charge in [0.1, 0.15) is 11.2 Å². The molecule has 1 aliphatic rings. The third kappa shape index (κ3) is 5.13. The Bertz CT molecular complexity index is 3460. The van der Waals surface area contributed by atoms with Crippen molar-refractivity contribution in [1.29, 1.82) is 0 Å². The standard InChI is InChI=1S/C57H39NO/c1-57(2)51-18-8-7-15-48(51)49-17-9-19-52(55(49)57)58(42-29-23-36(24-30-42)40-28-33-45-41(35-40)22-21-37-11-3-5-13-44(37)45)43-31-25-39(26-32-43)46-16-10-20-53-54(46)50-34-27-38-12-4-6-14-47(38)56(50)59-53/h3-35H,1-2H3. The van der Waals surface area contributed by atoms with Gasteiger partial charge in [0.15, 0.2) is 0 Å². The van der Waals surface area contributed by atoms with Crippen molar-refractivity contribution in [2.75, 3.05) is 4.90 Å². The van der Waals surface area contributed by atoms with E-state index in [-0.39, 0.29) is 5.41 Å². The molecule has 0 saturated heterocycles. The third-order valence-electron chi connectivity index (χ3n) is 12.8. The lowest BCUT2D eigenvalue weighted by Gasteiger charge is -2.32. The molecule has 1 aromatic heterocycles. The minimum absolute atomic E-state index is 0.182. The van der Waals surface area contributed by atoms with Crippen LogP contribution in [0.4, 0.5) is 17.1 Å². The summed E-state index contributed by atoms with van der Waals surface area (Å²) in [4.78, 5) is 2.45. The molecular weight excluding hydrogens is 715 g/mol. The lowest BCUT2D eigenvalue weighted by molar-refractivity contribution is 0.661. The van der Waals surface area contributed by atoms with Crippen LogP contribution in [0.5, 0.6) is 0 Å². The highest BCUT2D eigenvalue weighted by molar-refractivity contribution is 6.19. The van der Waals surface area contributed by atoms with E-state index >= 15 is 0 Å². The zero-order valence-corrected chi connectivity index (χ0v) is 32.9. The number of nitrogens with zero attached hydrogens (tertiary/aromatic N) is 1. The predicted octanol–water partition coefficient (Wildman–Crippen LogP) is 16.2. The number of hydrogen-bond acceptors (Lipinski definition) is 2. The topological polar surface area (TPSA) is 16.4 Å². The molecule has 0 unspecified atom stereocenters. The van der Waals surface area contributed by atoms with Gasteiger partial charge in [-0.15, -0.1) is 0 Å². The molecule has 2 nitrogen and oxygen atoms in total. The summed E-state index contributed by atoms with van der Waals surface area (Å²) in [5.74, 6) is 0. The minimum atomic E-state index is -0.182. The van der Waals surface area contributed by atoms with Crippen LogP contribution in [-0.2, 0) is 5.41 Å². The van der Waals surface area contributed by atoms with Crippen LogP contribution in [0.15, 0.2) is 205 Å². The Labute approximate surface area is 343 Å². The third-order valence-corrected chi connectivity index (χ3v) is 12.8. The van der Waals surface area contributed by atoms with Gasteiger partial charge < -0.3 is 9.32 Å². The lowest BCUT2D eigenvalue weighted by atomic mass is 9.81. The van der Waals surface area contributed by atoms with Crippen LogP contribution in [0.3, 0.4) is 0 Å². The van der Waals surface area contributed by atoms with Crippen molar-refractivity contribution in [3.05, 3.63) is 211 Å². The van der Waals surface area contributed by atoms with Crippen molar-refractivity contribution in [2.24, 2.45) is 0 Å². The Balaban J connectivity index is 0.990. The summed E-state index contributed by atoms with van der Waals surface area (Å²) >= 11 is 0. The number of hydrogen-bond donors (Lipinski definition) is 0. The molecule has 10 aromatic carbocycles. The first kappa shape index (κ1) is 33.7. The monoisotopic (exact) mass is 753 g/mol. The van der Waals surface area contributed by atoms with Gasteiger partial charge in [-0.05, 0) is 120 Å². The number of rotatable bonds is 5. The van der Waals surface area contributed by atoms with Gasteiger partial charge in [-0.2, -0.15) is 0 Å². The summed E-state index contributed by atoms with van der Waals surface area (Å²) in [5.41, 5.74) is 15.1. The summed E-state index contributed by atoms with van der Waals surface area (Å²) in [5, 5.41) is 9.70. The van der Waals surface area contributed by atoms with E-state index in [0.717, 1.165) is 44.3 Å². The fraction of sp³-hybridized carbons (Fsp3) is 0.0526. The van der Waals surface area contributed by atoms with Crippen molar-refractivity contribution in [2.45, 2.75) is 19.3 Å². The van der Waals surface area contributed by atoms with Crippen molar-refractivity contribution in [3.63, 3.8) is 0 Å². The first-order valence-corrected chi connectivity index (χ1v) is 20.5. The van der Waals surface area contributed by atoms with Gasteiger partial charge >= 0.3 is 0 Å². The van der Waals surface area contributed by atoms with Crippen LogP contribution in [0, 0.1) is 0 Å². The van der Waals surface area contributed by atoms with Crippen LogP contribution >= 0.6 is 0 Å². The van der Waals surface area contributed by atoms with Crippen molar-refractivity contribution in [3.8, 4) is 33.4 Å². The zero-order chi connectivity index (χ0) is 39.2. The zero-order valence-electron chi connectivity index (χ0n) is 32.9. The largest absolute Gasteiger partial charge is 0.455 e. The number of fused-ring (bicyclic) bond motifs is 11. The Hall–Kier alpha value is -7.42. The molecule has 0 amide bonds. The average Bonchev–Trinajstić information content (AvgIpc) is 3.79. The second kappa shape index (κ2) is 12.8. The van der Waals surface area contributed by atoms with Crippen LogP contribution in [0.2, 0.25) is 0 Å². The Morgan fingerprint density at radius 1 is 0.407 bits per heavy atom. The quantitative estimate of drug-likeness (QED) is 0.163. The van der Waals surface area contributed by atoms with E-state index in [1.807, 2.05) is 0 Å². The van der Waals surface area contributed by atoms with Crippen LogP contribution < -0.4 is 4.90 Å². The highest BCUT2D eigenvalue weighted by atomic mass is 16.3. The van der Waals surface area contributed by atoms with Gasteiger partial charge in [-0.3, -0.25) is 0 Å². The molecule has 1 heterocycles. The summed E-state index contributed by atoms with van der Waals surface area (Å²) in [7, 11) is 0. The fourth-order valence-corrected chi connectivity index (χ4v) is 10.0. The maximum absolute atomic E-state index is 6.57. The normalized spacial score (nSPS) is 13.1. The Kier molecular flexibility index (Phi) is 7.31. The summed E-state index contributed by atoms with van der Waals surface area (Å²) in [6.45, 7) is 4.74. The molecule has 11 aromatic rings. The van der Waals surface area contributed by atoms with Crippen LogP contribution in [-0.4, -0.2) is 0 Å². The summed E-state index contributed by atoms with van der Waals surface area (Å²) in [6, 6.07) is 73.2. The molecule has 278 valence electrons. The SMILES string of the molecule is CC1(C)c2ccccc2-c2cccc(N(c3ccc(-c4ccc5c(ccc6ccccc65)c4)cc3)c3ccc(-c4cccc5oc6c7ccccc7ccc6c45)cc3)c21. The predicted molar refractivity (Wildman–Crippen MR) is 249 cm³/mol. The number of anilines is 3. The Morgan fingerprint density at radius 2 is 0.983 bits per heavy atom. The Morgan fingerprint density at radius 3 is 1.80 bits per heavy atom. The second-order valence-electron chi connectivity index (χ2n) is 16.5. The van der Waals surface area contributed by atoms with E-state index in [1.54, 1.807) is 0 Å². The van der Waals surface area contributed by atoms with E-state index in [2.05, 4.69) is 219 Å². The molecule has 0 saturated carbocycles. The van der Waals surface area contributed by atoms with E-state index < -0.39 is 0 Å². The van der Waals surface area contributed by atoms with Crippen molar-refractivity contribution in [1.82, 2.24) is 0 Å². The van der Waals surface area contributed by atoms with Gasteiger partial charge in [0.2, 0.25) is 0 Å². The van der Waals surface area contributed by atoms with Gasteiger partial charge in [0, 0.05) is 32.9 Å². The number of benzene rings is 10. The summed E-state index contributed by atoms with van der Waals surface area (Å²) < 4.78 is 6.57. The van der Waals surface area contributed by atoms with E-state index in [9.17, 15) is 0 Å². The minimum Gasteiger partial charge on any atom is -0.455 e. The maximum atomic E-state index is 6.57. The van der Waals surface area contributed by atoms with Crippen LogP contribution in [0.25, 0.3) is 87.6 Å². The smallest absolute Gasteiger partial charge is 0.143 e. The van der Waals surface area contributed by atoms with Crippen molar-refractivity contribution < 1.29 is 4.42 Å². The van der Waals surface area contributed by atoms with E-state index in [0.29, 0.717) is 0 Å². The summed E-state index contributed by atoms with van der Waals surface area (Å²) in [6.07, 6.45) is 0. The highest BCUT2D eigenvalue weighted by Gasteiger charge is 2.38. The van der Waals surface area contributed by atoms with Gasteiger partial charge in [-0.25, -0.2) is 0 Å².